The van der Waals surface area contributed by atoms with Gasteiger partial charge in [0.25, 0.3) is 0 Å². The first-order valence-electron chi connectivity index (χ1n) is 3.41. The number of carbonyl (C=O) groups is 1. The van der Waals surface area contributed by atoms with Crippen molar-refractivity contribution < 1.29 is 9.90 Å². The van der Waals surface area contributed by atoms with E-state index in [1.165, 1.54) is 0 Å². The first kappa shape index (κ1) is 9.21. The van der Waals surface area contributed by atoms with E-state index in [-0.39, 0.29) is 0 Å². The number of allylic oxidation sites excluding steroid dienone is 1. The Balaban J connectivity index is 4.21. The van der Waals surface area contributed by atoms with Crippen LogP contribution in [-0.2, 0) is 4.79 Å². The van der Waals surface area contributed by atoms with Crippen LogP contribution in [0.5, 0.6) is 0 Å². The van der Waals surface area contributed by atoms with Gasteiger partial charge in [0, 0.05) is 0 Å². The molecule has 2 nitrogen and oxygen atoms in total. The van der Waals surface area contributed by atoms with Gasteiger partial charge in [-0.1, -0.05) is 13.0 Å². The van der Waals surface area contributed by atoms with Gasteiger partial charge in [-0.2, -0.15) is 0 Å². The highest BCUT2D eigenvalue weighted by Crippen LogP contribution is 2.25. The molecule has 0 bridgehead atoms. The average molecular weight is 142 g/mol. The lowest BCUT2D eigenvalue weighted by Crippen LogP contribution is -2.25. The summed E-state index contributed by atoms with van der Waals surface area (Å²) in [6, 6.07) is 0. The number of hydrogen-bond acceptors (Lipinski definition) is 1. The molecule has 1 atom stereocenters. The summed E-state index contributed by atoms with van der Waals surface area (Å²) in [5.74, 6) is -0.741. The van der Waals surface area contributed by atoms with Gasteiger partial charge >= 0.3 is 5.97 Å². The summed E-state index contributed by atoms with van der Waals surface area (Å²) < 4.78 is 0. The lowest BCUT2D eigenvalue weighted by Gasteiger charge is -2.20. The summed E-state index contributed by atoms with van der Waals surface area (Å²) in [5.41, 5.74) is -0.609. The number of carboxylic acids is 1. The molecule has 0 aliphatic carbocycles. The van der Waals surface area contributed by atoms with Crippen molar-refractivity contribution in [1.82, 2.24) is 0 Å². The van der Waals surface area contributed by atoms with Crippen LogP contribution < -0.4 is 0 Å². The van der Waals surface area contributed by atoms with Crippen molar-refractivity contribution in [2.45, 2.75) is 26.7 Å². The fourth-order valence-electron chi connectivity index (χ4n) is 0.701. The fraction of sp³-hybridized carbons (Fsp3) is 0.625. The molecule has 0 spiro atoms. The third-order valence-electron chi connectivity index (χ3n) is 1.89. The van der Waals surface area contributed by atoms with E-state index in [2.05, 4.69) is 6.58 Å². The smallest absolute Gasteiger partial charge is 0.309 e. The Morgan fingerprint density at radius 1 is 1.80 bits per heavy atom. The molecule has 0 fully saturated rings. The SMILES string of the molecule is C=CCC(C)(CC)C(=O)O. The fourth-order valence-corrected chi connectivity index (χ4v) is 0.701. The Morgan fingerprint density at radius 2 is 2.30 bits per heavy atom. The van der Waals surface area contributed by atoms with Gasteiger partial charge in [0.15, 0.2) is 0 Å². The van der Waals surface area contributed by atoms with Gasteiger partial charge in [0.2, 0.25) is 0 Å². The number of carboxylic acid groups (broad SMARTS) is 1. The molecule has 58 valence electrons. The van der Waals surface area contributed by atoms with Crippen LogP contribution in [0, 0.1) is 5.41 Å². The van der Waals surface area contributed by atoms with Gasteiger partial charge in [-0.3, -0.25) is 4.79 Å². The lowest BCUT2D eigenvalue weighted by molar-refractivity contribution is -0.147. The van der Waals surface area contributed by atoms with Crippen molar-refractivity contribution in [3.05, 3.63) is 12.7 Å². The van der Waals surface area contributed by atoms with Crippen molar-refractivity contribution in [2.24, 2.45) is 5.41 Å². The lowest BCUT2D eigenvalue weighted by atomic mass is 9.84. The number of hydrogen-bond donors (Lipinski definition) is 1. The van der Waals surface area contributed by atoms with Gasteiger partial charge in [0.1, 0.15) is 0 Å². The average Bonchev–Trinajstić information content (AvgIpc) is 1.88. The van der Waals surface area contributed by atoms with Gasteiger partial charge in [0.05, 0.1) is 5.41 Å². The maximum Gasteiger partial charge on any atom is 0.309 e. The molecule has 0 aliphatic heterocycles. The van der Waals surface area contributed by atoms with Crippen molar-refractivity contribution in [1.29, 1.82) is 0 Å². The van der Waals surface area contributed by atoms with Crippen LogP contribution in [0.3, 0.4) is 0 Å². The molecule has 0 rings (SSSR count). The largest absolute Gasteiger partial charge is 0.481 e. The zero-order valence-corrected chi connectivity index (χ0v) is 6.55. The van der Waals surface area contributed by atoms with Crippen LogP contribution in [-0.4, -0.2) is 11.1 Å². The molecular formula is C8H14O2. The highest BCUT2D eigenvalue weighted by molar-refractivity contribution is 5.74. The van der Waals surface area contributed by atoms with E-state index in [1.807, 2.05) is 6.92 Å². The third-order valence-corrected chi connectivity index (χ3v) is 1.89. The van der Waals surface area contributed by atoms with E-state index in [9.17, 15) is 4.79 Å². The van der Waals surface area contributed by atoms with Crippen LogP contribution in [0.2, 0.25) is 0 Å². The molecule has 2 heteroatoms. The monoisotopic (exact) mass is 142 g/mol. The summed E-state index contributed by atoms with van der Waals surface area (Å²) in [6.07, 6.45) is 2.84. The Labute approximate surface area is 61.6 Å². The van der Waals surface area contributed by atoms with Crippen LogP contribution in [0.25, 0.3) is 0 Å². The van der Waals surface area contributed by atoms with E-state index in [4.69, 9.17) is 5.11 Å². The summed E-state index contributed by atoms with van der Waals surface area (Å²) in [4.78, 5) is 10.6. The molecule has 1 N–H and O–H groups in total. The van der Waals surface area contributed by atoms with Gasteiger partial charge in [-0.25, -0.2) is 0 Å². The highest BCUT2D eigenvalue weighted by atomic mass is 16.4. The summed E-state index contributed by atoms with van der Waals surface area (Å²) >= 11 is 0. The molecule has 0 amide bonds. The van der Waals surface area contributed by atoms with Crippen molar-refractivity contribution in [3.8, 4) is 0 Å². The highest BCUT2D eigenvalue weighted by Gasteiger charge is 2.28. The summed E-state index contributed by atoms with van der Waals surface area (Å²) in [5, 5.41) is 8.72. The Morgan fingerprint density at radius 3 is 2.40 bits per heavy atom. The Hall–Kier alpha value is -0.790. The van der Waals surface area contributed by atoms with Crippen LogP contribution in [0.4, 0.5) is 0 Å². The van der Waals surface area contributed by atoms with E-state index >= 15 is 0 Å². The van der Waals surface area contributed by atoms with E-state index in [0.29, 0.717) is 12.8 Å². The Bertz CT molecular complexity index is 140. The van der Waals surface area contributed by atoms with E-state index < -0.39 is 11.4 Å². The minimum absolute atomic E-state index is 0.541. The maximum atomic E-state index is 10.6. The van der Waals surface area contributed by atoms with Crippen molar-refractivity contribution in [3.63, 3.8) is 0 Å². The second-order valence-corrected chi connectivity index (χ2v) is 2.71. The number of aliphatic carboxylic acids is 1. The molecule has 0 saturated carbocycles. The minimum Gasteiger partial charge on any atom is -0.481 e. The number of rotatable bonds is 4. The van der Waals surface area contributed by atoms with Gasteiger partial charge in [-0.05, 0) is 19.8 Å². The van der Waals surface area contributed by atoms with Crippen LogP contribution >= 0.6 is 0 Å². The van der Waals surface area contributed by atoms with Crippen molar-refractivity contribution in [2.75, 3.05) is 0 Å². The molecule has 0 saturated heterocycles. The van der Waals surface area contributed by atoms with Gasteiger partial charge in [-0.15, -0.1) is 6.58 Å². The zero-order valence-electron chi connectivity index (χ0n) is 6.55. The summed E-state index contributed by atoms with van der Waals surface area (Å²) in [6.45, 7) is 7.12. The minimum atomic E-state index is -0.741. The molecule has 1 unspecified atom stereocenters. The molecule has 0 aromatic heterocycles. The first-order valence-corrected chi connectivity index (χ1v) is 3.41. The predicted octanol–water partition coefficient (Wildman–Crippen LogP) is 2.06. The first-order chi connectivity index (χ1) is 4.56. The molecule has 0 heterocycles. The molecule has 0 aliphatic rings. The summed E-state index contributed by atoms with van der Waals surface area (Å²) in [7, 11) is 0. The normalized spacial score (nSPS) is 15.8. The van der Waals surface area contributed by atoms with Crippen LogP contribution in [0.1, 0.15) is 26.7 Å². The molecule has 10 heavy (non-hydrogen) atoms. The molecule has 0 radical (unpaired) electrons. The van der Waals surface area contributed by atoms with Gasteiger partial charge < -0.3 is 5.11 Å². The quantitative estimate of drug-likeness (QED) is 0.610. The van der Waals surface area contributed by atoms with E-state index in [0.717, 1.165) is 0 Å². The standard InChI is InChI=1S/C8H14O2/c1-4-6-8(3,5-2)7(9)10/h4H,1,5-6H2,2-3H3,(H,9,10). The maximum absolute atomic E-state index is 10.6. The molecular weight excluding hydrogens is 128 g/mol. The second kappa shape index (κ2) is 3.40. The predicted molar refractivity (Wildman–Crippen MR) is 40.8 cm³/mol. The Kier molecular flexibility index (Phi) is 3.13. The van der Waals surface area contributed by atoms with E-state index in [1.54, 1.807) is 13.0 Å². The molecule has 0 aromatic carbocycles. The van der Waals surface area contributed by atoms with Crippen LogP contribution in [0.15, 0.2) is 12.7 Å². The topological polar surface area (TPSA) is 37.3 Å². The zero-order chi connectivity index (χ0) is 8.20. The third kappa shape index (κ3) is 1.87. The molecule has 0 aromatic rings. The second-order valence-electron chi connectivity index (χ2n) is 2.71. The van der Waals surface area contributed by atoms with Crippen molar-refractivity contribution >= 4 is 5.97 Å².